The summed E-state index contributed by atoms with van der Waals surface area (Å²) in [5, 5.41) is 8.86. The van der Waals surface area contributed by atoms with Gasteiger partial charge in [0.15, 0.2) is 0 Å². The van der Waals surface area contributed by atoms with Crippen molar-refractivity contribution in [2.24, 2.45) is 0 Å². The fraction of sp³-hybridized carbons (Fsp3) is 0.462. The lowest BCUT2D eigenvalue weighted by Gasteiger charge is -2.29. The van der Waals surface area contributed by atoms with Gasteiger partial charge in [0.25, 0.3) is 0 Å². The monoisotopic (exact) mass is 299 g/mol. The maximum absolute atomic E-state index is 12.2. The van der Waals surface area contributed by atoms with Gasteiger partial charge in [-0.15, -0.1) is 0 Å². The Morgan fingerprint density at radius 1 is 1.35 bits per heavy atom. The Balaban J connectivity index is 2.93. The van der Waals surface area contributed by atoms with E-state index in [2.05, 4.69) is 15.9 Å². The quantitative estimate of drug-likeness (QED) is 0.926. The standard InChI is InChI=1S/C13H18BrNO2/c1-13(2,12(17)15(3)8-9-16)10-4-6-11(14)7-5-10/h4-7,16H,8-9H2,1-3H3. The van der Waals surface area contributed by atoms with Crippen molar-refractivity contribution in [2.75, 3.05) is 20.2 Å². The molecule has 0 fully saturated rings. The van der Waals surface area contributed by atoms with Crippen molar-refractivity contribution in [3.8, 4) is 0 Å². The molecule has 1 aromatic rings. The van der Waals surface area contributed by atoms with Gasteiger partial charge in [-0.05, 0) is 31.5 Å². The summed E-state index contributed by atoms with van der Waals surface area (Å²) in [4.78, 5) is 13.8. The number of hydrogen-bond acceptors (Lipinski definition) is 2. The highest BCUT2D eigenvalue weighted by atomic mass is 79.9. The van der Waals surface area contributed by atoms with Gasteiger partial charge in [-0.25, -0.2) is 0 Å². The number of nitrogens with zero attached hydrogens (tertiary/aromatic N) is 1. The zero-order valence-corrected chi connectivity index (χ0v) is 12.0. The minimum Gasteiger partial charge on any atom is -0.395 e. The molecular formula is C13H18BrNO2. The first-order chi connectivity index (χ1) is 7.89. The molecule has 0 saturated heterocycles. The molecule has 0 aromatic heterocycles. The van der Waals surface area contributed by atoms with Crippen LogP contribution >= 0.6 is 15.9 Å². The molecule has 0 unspecified atom stereocenters. The van der Waals surface area contributed by atoms with Crippen LogP contribution in [0.25, 0.3) is 0 Å². The molecular weight excluding hydrogens is 282 g/mol. The minimum atomic E-state index is -0.579. The highest BCUT2D eigenvalue weighted by molar-refractivity contribution is 9.10. The Bertz CT molecular complexity index is 387. The van der Waals surface area contributed by atoms with Gasteiger partial charge >= 0.3 is 0 Å². The van der Waals surface area contributed by atoms with Crippen molar-refractivity contribution in [3.63, 3.8) is 0 Å². The van der Waals surface area contributed by atoms with Crippen LogP contribution in [0.2, 0.25) is 0 Å². The van der Waals surface area contributed by atoms with E-state index < -0.39 is 5.41 Å². The molecule has 4 heteroatoms. The van der Waals surface area contributed by atoms with Crippen LogP contribution in [0.5, 0.6) is 0 Å². The Labute approximate surface area is 111 Å². The third kappa shape index (κ3) is 3.30. The van der Waals surface area contributed by atoms with Gasteiger partial charge in [0, 0.05) is 18.1 Å². The van der Waals surface area contributed by atoms with E-state index in [1.54, 1.807) is 11.9 Å². The number of halogens is 1. The normalized spacial score (nSPS) is 11.4. The summed E-state index contributed by atoms with van der Waals surface area (Å²) in [5.74, 6) is 0.00822. The number of carbonyl (C=O) groups excluding carboxylic acids is 1. The fourth-order valence-electron chi connectivity index (χ4n) is 1.72. The van der Waals surface area contributed by atoms with E-state index in [-0.39, 0.29) is 12.5 Å². The summed E-state index contributed by atoms with van der Waals surface area (Å²) in [6.07, 6.45) is 0. The molecule has 0 heterocycles. The zero-order chi connectivity index (χ0) is 13.1. The Morgan fingerprint density at radius 3 is 2.35 bits per heavy atom. The van der Waals surface area contributed by atoms with Crippen LogP contribution in [0.15, 0.2) is 28.7 Å². The van der Waals surface area contributed by atoms with E-state index in [1.165, 1.54) is 0 Å². The molecule has 3 nitrogen and oxygen atoms in total. The summed E-state index contributed by atoms with van der Waals surface area (Å²) in [6, 6.07) is 7.73. The third-order valence-corrected chi connectivity index (χ3v) is 3.41. The molecule has 0 aliphatic carbocycles. The van der Waals surface area contributed by atoms with Gasteiger partial charge in [0.1, 0.15) is 0 Å². The predicted molar refractivity (Wildman–Crippen MR) is 71.9 cm³/mol. The van der Waals surface area contributed by atoms with E-state index in [9.17, 15) is 4.79 Å². The summed E-state index contributed by atoms with van der Waals surface area (Å²) in [6.45, 7) is 4.14. The first-order valence-electron chi connectivity index (χ1n) is 5.52. The Morgan fingerprint density at radius 2 is 1.88 bits per heavy atom. The van der Waals surface area contributed by atoms with Gasteiger partial charge in [-0.3, -0.25) is 4.79 Å². The van der Waals surface area contributed by atoms with Crippen LogP contribution in [-0.2, 0) is 10.2 Å². The average molecular weight is 300 g/mol. The second-order valence-electron chi connectivity index (χ2n) is 4.58. The van der Waals surface area contributed by atoms with Crippen LogP contribution in [0, 0.1) is 0 Å². The third-order valence-electron chi connectivity index (χ3n) is 2.88. The smallest absolute Gasteiger partial charge is 0.232 e. The minimum absolute atomic E-state index is 0.00822. The van der Waals surface area contributed by atoms with E-state index in [1.807, 2.05) is 38.1 Å². The van der Waals surface area contributed by atoms with Gasteiger partial charge < -0.3 is 10.0 Å². The maximum atomic E-state index is 12.2. The number of likely N-dealkylation sites (N-methyl/N-ethyl adjacent to an activating group) is 1. The van der Waals surface area contributed by atoms with Crippen LogP contribution in [0.3, 0.4) is 0 Å². The Hall–Kier alpha value is -0.870. The lowest BCUT2D eigenvalue weighted by Crippen LogP contribution is -2.42. The lowest BCUT2D eigenvalue weighted by molar-refractivity contribution is -0.135. The van der Waals surface area contributed by atoms with Gasteiger partial charge in [0.2, 0.25) is 5.91 Å². The molecule has 0 bridgehead atoms. The number of carbonyl (C=O) groups is 1. The molecule has 1 aromatic carbocycles. The molecule has 0 aliphatic heterocycles. The molecule has 0 saturated carbocycles. The van der Waals surface area contributed by atoms with Crippen molar-refractivity contribution >= 4 is 21.8 Å². The number of aliphatic hydroxyl groups is 1. The summed E-state index contributed by atoms with van der Waals surface area (Å²) in [5.41, 5.74) is 0.389. The van der Waals surface area contributed by atoms with Crippen molar-refractivity contribution in [3.05, 3.63) is 34.3 Å². The molecule has 1 amide bonds. The first kappa shape index (κ1) is 14.2. The maximum Gasteiger partial charge on any atom is 0.232 e. The molecule has 17 heavy (non-hydrogen) atoms. The first-order valence-corrected chi connectivity index (χ1v) is 6.31. The van der Waals surface area contributed by atoms with E-state index in [4.69, 9.17) is 5.11 Å². The number of amides is 1. The predicted octanol–water partition coefficient (Wildman–Crippen LogP) is 2.18. The van der Waals surface area contributed by atoms with E-state index in [0.717, 1.165) is 10.0 Å². The molecule has 0 spiro atoms. The fourth-order valence-corrected chi connectivity index (χ4v) is 1.98. The molecule has 94 valence electrons. The molecule has 0 aliphatic rings. The molecule has 0 atom stereocenters. The second-order valence-corrected chi connectivity index (χ2v) is 5.50. The van der Waals surface area contributed by atoms with Crippen molar-refractivity contribution in [1.82, 2.24) is 4.90 Å². The Kier molecular flexibility index (Phi) is 4.71. The number of hydrogen-bond donors (Lipinski definition) is 1. The van der Waals surface area contributed by atoms with E-state index in [0.29, 0.717) is 6.54 Å². The van der Waals surface area contributed by atoms with Crippen molar-refractivity contribution in [2.45, 2.75) is 19.3 Å². The number of rotatable bonds is 4. The molecule has 1 rings (SSSR count). The molecule has 1 N–H and O–H groups in total. The van der Waals surface area contributed by atoms with Crippen molar-refractivity contribution in [1.29, 1.82) is 0 Å². The van der Waals surface area contributed by atoms with Crippen LogP contribution < -0.4 is 0 Å². The second kappa shape index (κ2) is 5.65. The highest BCUT2D eigenvalue weighted by Crippen LogP contribution is 2.26. The number of benzene rings is 1. The molecule has 0 radical (unpaired) electrons. The number of aliphatic hydroxyl groups excluding tert-OH is 1. The zero-order valence-electron chi connectivity index (χ0n) is 10.4. The lowest BCUT2D eigenvalue weighted by atomic mass is 9.83. The van der Waals surface area contributed by atoms with E-state index >= 15 is 0 Å². The average Bonchev–Trinajstić information content (AvgIpc) is 2.29. The van der Waals surface area contributed by atoms with Crippen LogP contribution in [-0.4, -0.2) is 36.1 Å². The van der Waals surface area contributed by atoms with Gasteiger partial charge in [-0.2, -0.15) is 0 Å². The van der Waals surface area contributed by atoms with Crippen LogP contribution in [0.4, 0.5) is 0 Å². The summed E-state index contributed by atoms with van der Waals surface area (Å²) < 4.78 is 0.994. The summed E-state index contributed by atoms with van der Waals surface area (Å²) >= 11 is 3.37. The summed E-state index contributed by atoms with van der Waals surface area (Å²) in [7, 11) is 1.71. The SMILES string of the molecule is CN(CCO)C(=O)C(C)(C)c1ccc(Br)cc1. The largest absolute Gasteiger partial charge is 0.395 e. The van der Waals surface area contributed by atoms with Gasteiger partial charge in [-0.1, -0.05) is 28.1 Å². The van der Waals surface area contributed by atoms with Gasteiger partial charge in [0.05, 0.1) is 12.0 Å². The van der Waals surface area contributed by atoms with Crippen molar-refractivity contribution < 1.29 is 9.90 Å². The van der Waals surface area contributed by atoms with Crippen LogP contribution in [0.1, 0.15) is 19.4 Å². The topological polar surface area (TPSA) is 40.5 Å². The highest BCUT2D eigenvalue weighted by Gasteiger charge is 2.31.